The van der Waals surface area contributed by atoms with Crippen molar-refractivity contribution < 1.29 is 0 Å². The van der Waals surface area contributed by atoms with Crippen LogP contribution in [0.3, 0.4) is 0 Å². The van der Waals surface area contributed by atoms with E-state index in [9.17, 15) is 0 Å². The van der Waals surface area contributed by atoms with Gasteiger partial charge in [0.1, 0.15) is 0 Å². The lowest BCUT2D eigenvalue weighted by Crippen LogP contribution is -1.99. The van der Waals surface area contributed by atoms with Gasteiger partial charge in [-0.3, -0.25) is 0 Å². The molecule has 0 radical (unpaired) electrons. The van der Waals surface area contributed by atoms with Gasteiger partial charge in [-0.2, -0.15) is 0 Å². The molecule has 2 nitrogen and oxygen atoms in total. The van der Waals surface area contributed by atoms with Crippen molar-refractivity contribution >= 4 is 48.5 Å². The number of fused-ring (bicyclic) bond motifs is 1. The van der Waals surface area contributed by atoms with E-state index in [-0.39, 0.29) is 0 Å². The highest BCUT2D eigenvalue weighted by atomic mass is 79.9. The van der Waals surface area contributed by atoms with Gasteiger partial charge >= 0.3 is 0 Å². The van der Waals surface area contributed by atoms with Gasteiger partial charge in [0, 0.05) is 38.3 Å². The Morgan fingerprint density at radius 2 is 1.84 bits per heavy atom. The van der Waals surface area contributed by atoms with Crippen molar-refractivity contribution in [3.8, 4) is 0 Å². The van der Waals surface area contributed by atoms with Gasteiger partial charge in [0.25, 0.3) is 0 Å². The summed E-state index contributed by atoms with van der Waals surface area (Å²) in [6.45, 7) is 0.820. The maximum atomic E-state index is 5.77. The number of halogens is 2. The summed E-state index contributed by atoms with van der Waals surface area (Å²) in [5, 5.41) is 1.23. The van der Waals surface area contributed by atoms with E-state index >= 15 is 0 Å². The van der Waals surface area contributed by atoms with Crippen LogP contribution in [0.5, 0.6) is 0 Å². The molecule has 0 aliphatic heterocycles. The Hall–Kier alpha value is -1.26. The molecule has 0 saturated heterocycles. The second-order valence-corrected chi connectivity index (χ2v) is 6.18. The molecule has 4 heteroatoms. The van der Waals surface area contributed by atoms with Crippen LogP contribution >= 0.6 is 31.9 Å². The van der Waals surface area contributed by atoms with E-state index in [0.717, 1.165) is 21.2 Å². The maximum absolute atomic E-state index is 5.77. The van der Waals surface area contributed by atoms with Crippen LogP contribution in [-0.2, 0) is 6.54 Å². The Morgan fingerprint density at radius 3 is 2.63 bits per heavy atom. The molecule has 3 aromatic rings. The first-order valence-corrected chi connectivity index (χ1v) is 7.51. The lowest BCUT2D eigenvalue weighted by molar-refractivity contribution is 0.833. The monoisotopic (exact) mass is 378 g/mol. The summed E-state index contributed by atoms with van der Waals surface area (Å²) in [4.78, 5) is 0. The number of hydrogen-bond donors (Lipinski definition) is 1. The zero-order valence-electron chi connectivity index (χ0n) is 10.1. The molecule has 1 aromatic heterocycles. The predicted octanol–water partition coefficient (Wildman–Crippen LogP) is 4.80. The fourth-order valence-electron chi connectivity index (χ4n) is 2.20. The van der Waals surface area contributed by atoms with Crippen molar-refractivity contribution in [2.24, 2.45) is 0 Å². The average Bonchev–Trinajstić information content (AvgIpc) is 2.78. The summed E-state index contributed by atoms with van der Waals surface area (Å²) < 4.78 is 4.40. The van der Waals surface area contributed by atoms with Gasteiger partial charge in [0.15, 0.2) is 0 Å². The topological polar surface area (TPSA) is 30.9 Å². The van der Waals surface area contributed by atoms with Crippen LogP contribution in [0.2, 0.25) is 0 Å². The Kier molecular flexibility index (Phi) is 3.37. The van der Waals surface area contributed by atoms with Crippen molar-refractivity contribution in [1.29, 1.82) is 0 Å². The Balaban J connectivity index is 2.04. The van der Waals surface area contributed by atoms with Gasteiger partial charge in [-0.15, -0.1) is 0 Å². The molecule has 19 heavy (non-hydrogen) atoms. The van der Waals surface area contributed by atoms with Crippen LogP contribution < -0.4 is 5.73 Å². The summed E-state index contributed by atoms with van der Waals surface area (Å²) in [6, 6.07) is 14.3. The quantitative estimate of drug-likeness (QED) is 0.637. The van der Waals surface area contributed by atoms with E-state index < -0.39 is 0 Å². The molecule has 1 heterocycles. The highest BCUT2D eigenvalue weighted by Gasteiger charge is 2.06. The molecule has 0 atom stereocenters. The number of rotatable bonds is 2. The number of benzene rings is 2. The fourth-order valence-corrected chi connectivity index (χ4v) is 3.21. The van der Waals surface area contributed by atoms with Crippen molar-refractivity contribution in [2.75, 3.05) is 5.73 Å². The van der Waals surface area contributed by atoms with E-state index in [0.29, 0.717) is 0 Å². The number of hydrogen-bond acceptors (Lipinski definition) is 1. The molecule has 0 saturated carbocycles. The maximum Gasteiger partial charge on any atom is 0.0494 e. The second-order valence-electron chi connectivity index (χ2n) is 4.47. The SMILES string of the molecule is Nc1ccc(Cn2ccc3c(Br)cccc32)c(Br)c1. The third-order valence-electron chi connectivity index (χ3n) is 3.18. The lowest BCUT2D eigenvalue weighted by Gasteiger charge is -2.08. The molecule has 0 fully saturated rings. The molecule has 0 amide bonds. The van der Waals surface area contributed by atoms with Crippen LogP contribution in [-0.4, -0.2) is 4.57 Å². The highest BCUT2D eigenvalue weighted by Crippen LogP contribution is 2.27. The largest absolute Gasteiger partial charge is 0.399 e. The summed E-state index contributed by atoms with van der Waals surface area (Å²) in [7, 11) is 0. The third kappa shape index (κ3) is 2.42. The van der Waals surface area contributed by atoms with E-state index in [2.05, 4.69) is 73.0 Å². The molecule has 0 aliphatic rings. The van der Waals surface area contributed by atoms with Crippen LogP contribution in [0.1, 0.15) is 5.56 Å². The molecular weight excluding hydrogens is 368 g/mol. The first-order valence-electron chi connectivity index (χ1n) is 5.92. The second kappa shape index (κ2) is 5.02. The third-order valence-corrected chi connectivity index (χ3v) is 4.61. The fraction of sp³-hybridized carbons (Fsp3) is 0.0667. The van der Waals surface area contributed by atoms with Gasteiger partial charge in [0.2, 0.25) is 0 Å². The minimum atomic E-state index is 0.774. The first-order chi connectivity index (χ1) is 9.15. The molecule has 96 valence electrons. The lowest BCUT2D eigenvalue weighted by atomic mass is 10.2. The predicted molar refractivity (Wildman–Crippen MR) is 87.3 cm³/mol. The molecule has 2 aromatic carbocycles. The number of nitrogen functional groups attached to an aromatic ring is 1. The van der Waals surface area contributed by atoms with Crippen molar-refractivity contribution in [3.05, 3.63) is 63.2 Å². The molecule has 3 rings (SSSR count). The van der Waals surface area contributed by atoms with Crippen LogP contribution in [0, 0.1) is 0 Å². The summed E-state index contributed by atoms with van der Waals surface area (Å²) in [5.41, 5.74) is 8.98. The number of aromatic nitrogens is 1. The first kappa shape index (κ1) is 12.8. The van der Waals surface area contributed by atoms with E-state index in [1.807, 2.05) is 12.1 Å². The Labute approximate surface area is 128 Å². The number of nitrogens with two attached hydrogens (primary N) is 1. The number of anilines is 1. The Morgan fingerprint density at radius 1 is 1.00 bits per heavy atom. The van der Waals surface area contributed by atoms with Gasteiger partial charge in [-0.05, 0) is 35.9 Å². The van der Waals surface area contributed by atoms with Gasteiger partial charge in [-0.25, -0.2) is 0 Å². The van der Waals surface area contributed by atoms with Gasteiger partial charge in [0.05, 0.1) is 0 Å². The highest BCUT2D eigenvalue weighted by molar-refractivity contribution is 9.11. The molecule has 0 unspecified atom stereocenters. The molecule has 0 aliphatic carbocycles. The van der Waals surface area contributed by atoms with Crippen molar-refractivity contribution in [2.45, 2.75) is 6.54 Å². The summed E-state index contributed by atoms with van der Waals surface area (Å²) in [5.74, 6) is 0. The Bertz CT molecular complexity index is 747. The average molecular weight is 380 g/mol. The smallest absolute Gasteiger partial charge is 0.0494 e. The molecule has 0 spiro atoms. The van der Waals surface area contributed by atoms with Gasteiger partial charge < -0.3 is 10.3 Å². The normalized spacial score (nSPS) is 11.1. The van der Waals surface area contributed by atoms with Gasteiger partial charge in [-0.1, -0.05) is 44.0 Å². The molecular formula is C15H12Br2N2. The van der Waals surface area contributed by atoms with E-state index in [1.165, 1.54) is 16.5 Å². The molecule has 0 bridgehead atoms. The summed E-state index contributed by atoms with van der Waals surface area (Å²) >= 11 is 7.15. The van der Waals surface area contributed by atoms with E-state index in [1.54, 1.807) is 0 Å². The number of nitrogens with zero attached hydrogens (tertiary/aromatic N) is 1. The zero-order chi connectivity index (χ0) is 13.4. The minimum Gasteiger partial charge on any atom is -0.399 e. The van der Waals surface area contributed by atoms with Crippen LogP contribution in [0.15, 0.2) is 57.6 Å². The minimum absolute atomic E-state index is 0.774. The molecule has 2 N–H and O–H groups in total. The summed E-state index contributed by atoms with van der Waals surface area (Å²) in [6.07, 6.45) is 2.11. The van der Waals surface area contributed by atoms with Crippen molar-refractivity contribution in [1.82, 2.24) is 4.57 Å². The van der Waals surface area contributed by atoms with Crippen LogP contribution in [0.4, 0.5) is 5.69 Å². The van der Waals surface area contributed by atoms with Crippen molar-refractivity contribution in [3.63, 3.8) is 0 Å². The standard InChI is InChI=1S/C15H12Br2N2/c16-13-2-1-3-15-12(13)6-7-19(15)9-10-4-5-11(18)8-14(10)17/h1-8H,9,18H2. The zero-order valence-corrected chi connectivity index (χ0v) is 13.3. The van der Waals surface area contributed by atoms with Crippen LogP contribution in [0.25, 0.3) is 10.9 Å². The van der Waals surface area contributed by atoms with E-state index in [4.69, 9.17) is 5.73 Å².